The predicted molar refractivity (Wildman–Crippen MR) is 95.1 cm³/mol. The number of nitrogens with zero attached hydrogens (tertiary/aromatic N) is 1. The number of nitrogens with one attached hydrogen (secondary N) is 1. The van der Waals surface area contributed by atoms with Crippen LogP contribution in [0, 0.1) is 10.1 Å². The van der Waals surface area contributed by atoms with Gasteiger partial charge in [0.2, 0.25) is 11.8 Å². The van der Waals surface area contributed by atoms with Gasteiger partial charge >= 0.3 is 0 Å². The van der Waals surface area contributed by atoms with Crippen molar-refractivity contribution in [1.82, 2.24) is 0 Å². The van der Waals surface area contributed by atoms with Crippen molar-refractivity contribution in [3.8, 4) is 0 Å². The molecule has 0 atom stereocenters. The van der Waals surface area contributed by atoms with Gasteiger partial charge in [0.25, 0.3) is 5.69 Å². The summed E-state index contributed by atoms with van der Waals surface area (Å²) in [5.41, 5.74) is 6.65. The van der Waals surface area contributed by atoms with E-state index in [1.165, 1.54) is 24.3 Å². The number of amides is 2. The third-order valence-corrected chi connectivity index (χ3v) is 3.51. The lowest BCUT2D eigenvalue weighted by Gasteiger charge is -2.03. The van der Waals surface area contributed by atoms with Crippen molar-refractivity contribution >= 4 is 40.9 Å². The van der Waals surface area contributed by atoms with Crippen molar-refractivity contribution in [3.05, 3.63) is 74.8 Å². The van der Waals surface area contributed by atoms with Gasteiger partial charge in [-0.25, -0.2) is 0 Å². The molecule has 0 saturated carbocycles. The molecule has 8 heteroatoms. The second-order valence-electron chi connectivity index (χ2n) is 5.13. The van der Waals surface area contributed by atoms with E-state index in [0.717, 1.165) is 5.56 Å². The summed E-state index contributed by atoms with van der Waals surface area (Å²) in [6.45, 7) is 0. The average molecular weight is 360 g/mol. The molecule has 2 amide bonds. The molecular formula is C17H14ClN3O4. The zero-order valence-corrected chi connectivity index (χ0v) is 13.7. The highest BCUT2D eigenvalue weighted by Gasteiger charge is 2.11. The number of carbonyl (C=O) groups excluding carboxylic acids is 2. The largest absolute Gasteiger partial charge is 0.369 e. The number of rotatable bonds is 6. The van der Waals surface area contributed by atoms with Gasteiger partial charge in [0.05, 0.1) is 11.3 Å². The first kappa shape index (κ1) is 18.2. The molecule has 0 fully saturated rings. The third-order valence-electron chi connectivity index (χ3n) is 3.19. The molecule has 0 aliphatic carbocycles. The maximum atomic E-state index is 11.9. The number of carbonyl (C=O) groups is 2. The summed E-state index contributed by atoms with van der Waals surface area (Å²) in [6, 6.07) is 10.9. The van der Waals surface area contributed by atoms with Gasteiger partial charge < -0.3 is 11.1 Å². The van der Waals surface area contributed by atoms with Gasteiger partial charge in [-0.1, -0.05) is 29.8 Å². The van der Waals surface area contributed by atoms with E-state index in [4.69, 9.17) is 17.3 Å². The number of hydrogen-bond acceptors (Lipinski definition) is 4. The van der Waals surface area contributed by atoms with Crippen LogP contribution < -0.4 is 11.1 Å². The number of primary amides is 1. The number of nitro groups is 1. The van der Waals surface area contributed by atoms with E-state index >= 15 is 0 Å². The Morgan fingerprint density at radius 1 is 1.20 bits per heavy atom. The van der Waals surface area contributed by atoms with Gasteiger partial charge in [-0.05, 0) is 35.4 Å². The molecule has 3 N–H and O–H groups in total. The molecule has 0 heterocycles. The molecule has 2 aromatic carbocycles. The van der Waals surface area contributed by atoms with Gasteiger partial charge in [0.1, 0.15) is 5.02 Å². The van der Waals surface area contributed by atoms with Crippen LogP contribution in [0.1, 0.15) is 11.1 Å². The first-order valence-corrected chi connectivity index (χ1v) is 7.53. The predicted octanol–water partition coefficient (Wildman–Crippen LogP) is 2.93. The Hall–Kier alpha value is -3.19. The lowest BCUT2D eigenvalue weighted by Crippen LogP contribution is -2.13. The van der Waals surface area contributed by atoms with Gasteiger partial charge in [0, 0.05) is 17.8 Å². The van der Waals surface area contributed by atoms with Gasteiger partial charge in [-0.2, -0.15) is 0 Å². The summed E-state index contributed by atoms with van der Waals surface area (Å²) in [4.78, 5) is 33.0. The number of nitrogens with two attached hydrogens (primary N) is 1. The summed E-state index contributed by atoms with van der Waals surface area (Å²) in [5.74, 6) is -0.836. The SMILES string of the molecule is NC(=O)Cc1ccc(NC(=O)/C=C/c2ccc(Cl)c([N+](=O)[O-])c2)cc1. The van der Waals surface area contributed by atoms with Crippen LogP contribution in [0.25, 0.3) is 6.08 Å². The van der Waals surface area contributed by atoms with Crippen LogP contribution in [0.4, 0.5) is 11.4 Å². The molecule has 0 aromatic heterocycles. The number of halogens is 1. The minimum absolute atomic E-state index is 0.0302. The van der Waals surface area contributed by atoms with Crippen LogP contribution in [0.2, 0.25) is 5.02 Å². The summed E-state index contributed by atoms with van der Waals surface area (Å²) < 4.78 is 0. The molecule has 2 aromatic rings. The molecule has 2 rings (SSSR count). The Morgan fingerprint density at radius 2 is 1.88 bits per heavy atom. The highest BCUT2D eigenvalue weighted by molar-refractivity contribution is 6.32. The third kappa shape index (κ3) is 5.43. The van der Waals surface area contributed by atoms with Crippen LogP contribution in [0.15, 0.2) is 48.5 Å². The standard InChI is InChI=1S/C17H14ClN3O4/c18-14-7-3-11(9-15(14)21(24)25)4-8-17(23)20-13-5-1-12(2-6-13)10-16(19)22/h1-9H,10H2,(H2,19,22)(H,20,23)/b8-4+. The number of benzene rings is 2. The Kier molecular flexibility index (Phi) is 5.86. The number of anilines is 1. The molecule has 7 nitrogen and oxygen atoms in total. The first-order chi connectivity index (χ1) is 11.8. The molecule has 0 saturated heterocycles. The molecule has 128 valence electrons. The van der Waals surface area contributed by atoms with Crippen LogP contribution in [0.3, 0.4) is 0 Å². The fourth-order valence-electron chi connectivity index (χ4n) is 2.04. The van der Waals surface area contributed by atoms with E-state index in [2.05, 4.69) is 5.32 Å². The second-order valence-corrected chi connectivity index (χ2v) is 5.54. The molecule has 25 heavy (non-hydrogen) atoms. The summed E-state index contributed by atoms with van der Waals surface area (Å²) in [7, 11) is 0. The number of hydrogen-bond donors (Lipinski definition) is 2. The van der Waals surface area contributed by atoms with Crippen molar-refractivity contribution in [2.24, 2.45) is 5.73 Å². The highest BCUT2D eigenvalue weighted by Crippen LogP contribution is 2.25. The van der Waals surface area contributed by atoms with Crippen LogP contribution in [-0.2, 0) is 16.0 Å². The number of nitro benzene ring substituents is 1. The topological polar surface area (TPSA) is 115 Å². The molecule has 0 radical (unpaired) electrons. The van der Waals surface area contributed by atoms with E-state index in [0.29, 0.717) is 11.3 Å². The minimum atomic E-state index is -0.590. The monoisotopic (exact) mass is 359 g/mol. The van der Waals surface area contributed by atoms with Crippen molar-refractivity contribution < 1.29 is 14.5 Å². The highest BCUT2D eigenvalue weighted by atomic mass is 35.5. The molecule has 0 aliphatic heterocycles. The van der Waals surface area contributed by atoms with Gasteiger partial charge in [-0.15, -0.1) is 0 Å². The van der Waals surface area contributed by atoms with Crippen LogP contribution in [0.5, 0.6) is 0 Å². The Morgan fingerprint density at radius 3 is 2.48 bits per heavy atom. The van der Waals surface area contributed by atoms with E-state index in [1.54, 1.807) is 30.3 Å². The molecule has 0 aliphatic rings. The minimum Gasteiger partial charge on any atom is -0.369 e. The van der Waals surface area contributed by atoms with Crippen LogP contribution in [-0.4, -0.2) is 16.7 Å². The zero-order valence-electron chi connectivity index (χ0n) is 12.9. The van der Waals surface area contributed by atoms with Crippen LogP contribution >= 0.6 is 11.6 Å². The maximum absolute atomic E-state index is 11.9. The zero-order chi connectivity index (χ0) is 18.4. The summed E-state index contributed by atoms with van der Waals surface area (Å²) >= 11 is 5.73. The van der Waals surface area contributed by atoms with Gasteiger partial charge in [-0.3, -0.25) is 19.7 Å². The fourth-order valence-corrected chi connectivity index (χ4v) is 2.22. The Balaban J connectivity index is 2.02. The second kappa shape index (κ2) is 8.07. The molecule has 0 spiro atoms. The smallest absolute Gasteiger partial charge is 0.288 e. The summed E-state index contributed by atoms with van der Waals surface area (Å²) in [5, 5.41) is 13.5. The Bertz CT molecular complexity index is 847. The van der Waals surface area contributed by atoms with E-state index < -0.39 is 16.7 Å². The lowest BCUT2D eigenvalue weighted by atomic mass is 10.1. The lowest BCUT2D eigenvalue weighted by molar-refractivity contribution is -0.384. The average Bonchev–Trinajstić information content (AvgIpc) is 2.55. The van der Waals surface area contributed by atoms with Crippen molar-refractivity contribution in [1.29, 1.82) is 0 Å². The van der Waals surface area contributed by atoms with Crippen molar-refractivity contribution in [2.45, 2.75) is 6.42 Å². The van der Waals surface area contributed by atoms with E-state index in [-0.39, 0.29) is 17.1 Å². The maximum Gasteiger partial charge on any atom is 0.288 e. The van der Waals surface area contributed by atoms with Crippen molar-refractivity contribution in [3.63, 3.8) is 0 Å². The van der Waals surface area contributed by atoms with E-state index in [9.17, 15) is 19.7 Å². The Labute approximate surface area is 148 Å². The summed E-state index contributed by atoms with van der Waals surface area (Å²) in [6.07, 6.45) is 2.83. The molecular weight excluding hydrogens is 346 g/mol. The van der Waals surface area contributed by atoms with Crippen molar-refractivity contribution in [2.75, 3.05) is 5.32 Å². The quantitative estimate of drug-likeness (QED) is 0.468. The first-order valence-electron chi connectivity index (χ1n) is 7.15. The fraction of sp³-hybridized carbons (Fsp3) is 0.0588. The molecule has 0 bridgehead atoms. The normalized spacial score (nSPS) is 10.6. The molecule has 0 unspecified atom stereocenters. The van der Waals surface area contributed by atoms with E-state index in [1.807, 2.05) is 0 Å². The van der Waals surface area contributed by atoms with Gasteiger partial charge in [0.15, 0.2) is 0 Å².